The Bertz CT molecular complexity index is 3290. The third kappa shape index (κ3) is 5.32. The summed E-state index contributed by atoms with van der Waals surface area (Å²) in [6.45, 7) is 0. The Balaban J connectivity index is 1.22. The molecule has 11 aromatic rings. The van der Waals surface area contributed by atoms with Crippen LogP contribution in [0.5, 0.6) is 0 Å². The van der Waals surface area contributed by atoms with Crippen molar-refractivity contribution in [1.29, 1.82) is 0 Å². The van der Waals surface area contributed by atoms with Crippen LogP contribution < -0.4 is 0 Å². The topological polar surface area (TPSA) is 38.7 Å². The van der Waals surface area contributed by atoms with Crippen LogP contribution in [0, 0.1) is 0 Å². The summed E-state index contributed by atoms with van der Waals surface area (Å²) < 4.78 is 0. The maximum atomic E-state index is 5.28. The SMILES string of the molecule is c1ccc(-c2cc(-c3nc(-c4ccccc4)nc(-c4cccc5ccccc45)n3)cc(-c3cc4c5ccccc5c5ccccc5c4c4ccccc34)c2)cc1. The van der Waals surface area contributed by atoms with Gasteiger partial charge in [-0.2, -0.15) is 0 Å². The van der Waals surface area contributed by atoms with Gasteiger partial charge in [0.05, 0.1) is 0 Å². The second kappa shape index (κ2) is 13.1. The van der Waals surface area contributed by atoms with Crippen molar-refractivity contribution in [1.82, 2.24) is 15.0 Å². The lowest BCUT2D eigenvalue weighted by Crippen LogP contribution is -2.01. The largest absolute Gasteiger partial charge is 0.208 e. The second-order valence-electron chi connectivity index (χ2n) is 14.3. The van der Waals surface area contributed by atoms with Gasteiger partial charge in [-0.3, -0.25) is 0 Å². The van der Waals surface area contributed by atoms with Crippen molar-refractivity contribution in [2.45, 2.75) is 0 Å². The van der Waals surface area contributed by atoms with Crippen LogP contribution in [-0.4, -0.2) is 15.0 Å². The molecule has 0 radical (unpaired) electrons. The number of fused-ring (bicyclic) bond motifs is 9. The van der Waals surface area contributed by atoms with Crippen molar-refractivity contribution in [3.8, 4) is 56.4 Å². The van der Waals surface area contributed by atoms with Gasteiger partial charge in [0.25, 0.3) is 0 Å². The van der Waals surface area contributed by atoms with E-state index in [1.165, 1.54) is 48.7 Å². The number of rotatable bonds is 5. The lowest BCUT2D eigenvalue weighted by molar-refractivity contribution is 1.08. The third-order valence-electron chi connectivity index (χ3n) is 11.1. The number of hydrogen-bond acceptors (Lipinski definition) is 3. The summed E-state index contributed by atoms with van der Waals surface area (Å²) in [4.78, 5) is 15.6. The Labute approximate surface area is 324 Å². The molecule has 0 spiro atoms. The molecule has 260 valence electrons. The molecule has 11 rings (SSSR count). The molecule has 3 nitrogen and oxygen atoms in total. The monoisotopic (exact) mass is 711 g/mol. The molecule has 0 aliphatic rings. The molecule has 0 N–H and O–H groups in total. The van der Waals surface area contributed by atoms with Crippen LogP contribution in [0.1, 0.15) is 0 Å². The molecule has 0 saturated heterocycles. The number of aromatic nitrogens is 3. The van der Waals surface area contributed by atoms with E-state index in [-0.39, 0.29) is 0 Å². The Morgan fingerprint density at radius 3 is 1.41 bits per heavy atom. The van der Waals surface area contributed by atoms with Crippen molar-refractivity contribution in [2.24, 2.45) is 0 Å². The van der Waals surface area contributed by atoms with E-state index in [0.29, 0.717) is 17.5 Å². The lowest BCUT2D eigenvalue weighted by Gasteiger charge is -2.17. The summed E-state index contributed by atoms with van der Waals surface area (Å²) in [5.41, 5.74) is 7.33. The summed E-state index contributed by atoms with van der Waals surface area (Å²) in [5.74, 6) is 1.91. The Kier molecular flexibility index (Phi) is 7.49. The summed E-state index contributed by atoms with van der Waals surface area (Å²) in [6, 6.07) is 71.2. The Morgan fingerprint density at radius 1 is 0.232 bits per heavy atom. The zero-order valence-corrected chi connectivity index (χ0v) is 30.4. The normalized spacial score (nSPS) is 11.6. The highest BCUT2D eigenvalue weighted by Gasteiger charge is 2.19. The van der Waals surface area contributed by atoms with Crippen LogP contribution in [0.25, 0.3) is 110 Å². The first-order valence-electron chi connectivity index (χ1n) is 19.0. The average Bonchev–Trinajstić information content (AvgIpc) is 3.28. The third-order valence-corrected chi connectivity index (χ3v) is 11.1. The molecule has 3 heteroatoms. The number of nitrogens with zero attached hydrogens (tertiary/aromatic N) is 3. The van der Waals surface area contributed by atoms with Gasteiger partial charge in [-0.25, -0.2) is 15.0 Å². The number of hydrogen-bond donors (Lipinski definition) is 0. The van der Waals surface area contributed by atoms with E-state index >= 15 is 0 Å². The average molecular weight is 712 g/mol. The molecule has 1 aromatic heterocycles. The molecule has 56 heavy (non-hydrogen) atoms. The fourth-order valence-corrected chi connectivity index (χ4v) is 8.48. The van der Waals surface area contributed by atoms with Gasteiger partial charge in [-0.15, -0.1) is 0 Å². The predicted molar refractivity (Wildman–Crippen MR) is 235 cm³/mol. The minimum absolute atomic E-state index is 0.627. The van der Waals surface area contributed by atoms with E-state index in [1.54, 1.807) is 0 Å². The molecule has 0 aliphatic heterocycles. The maximum Gasteiger partial charge on any atom is 0.164 e. The van der Waals surface area contributed by atoms with Gasteiger partial charge in [-0.05, 0) is 100 Å². The fraction of sp³-hybridized carbons (Fsp3) is 0. The highest BCUT2D eigenvalue weighted by Crippen LogP contribution is 2.44. The molecule has 1 heterocycles. The van der Waals surface area contributed by atoms with Crippen molar-refractivity contribution < 1.29 is 0 Å². The van der Waals surface area contributed by atoms with Crippen LogP contribution in [0.3, 0.4) is 0 Å². The van der Waals surface area contributed by atoms with Crippen molar-refractivity contribution in [3.63, 3.8) is 0 Å². The van der Waals surface area contributed by atoms with Gasteiger partial charge < -0.3 is 0 Å². The van der Waals surface area contributed by atoms with E-state index in [9.17, 15) is 0 Å². The molecule has 0 aliphatic carbocycles. The van der Waals surface area contributed by atoms with E-state index in [2.05, 4.69) is 182 Å². The summed E-state index contributed by atoms with van der Waals surface area (Å²) in [7, 11) is 0. The first-order chi connectivity index (χ1) is 27.8. The van der Waals surface area contributed by atoms with E-state index in [0.717, 1.165) is 44.2 Å². The first-order valence-corrected chi connectivity index (χ1v) is 19.0. The minimum Gasteiger partial charge on any atom is -0.208 e. The Hall–Kier alpha value is -7.49. The van der Waals surface area contributed by atoms with Crippen LogP contribution >= 0.6 is 0 Å². The standard InChI is InChI=1S/C53H33N3/c1-3-16-34(17-4-1)37-30-38(48-33-49-43-25-10-9-23-41(43)42-24-11-13-27-45(42)50(49)46-28-14-12-26-44(46)48)32-39(31-37)52-54-51(36-19-5-2-6-20-36)55-53(56-52)47-29-15-21-35-18-7-8-22-40(35)47/h1-33H. The maximum absolute atomic E-state index is 5.28. The first kappa shape index (κ1) is 32.0. The smallest absolute Gasteiger partial charge is 0.164 e. The molecular formula is C53H33N3. The van der Waals surface area contributed by atoms with Crippen LogP contribution in [0.4, 0.5) is 0 Å². The summed E-state index contributed by atoms with van der Waals surface area (Å²) in [6.07, 6.45) is 0. The highest BCUT2D eigenvalue weighted by molar-refractivity contribution is 6.33. The summed E-state index contributed by atoms with van der Waals surface area (Å²) in [5, 5.41) is 12.2. The van der Waals surface area contributed by atoms with Gasteiger partial charge >= 0.3 is 0 Å². The zero-order valence-electron chi connectivity index (χ0n) is 30.4. The van der Waals surface area contributed by atoms with Crippen molar-refractivity contribution in [2.75, 3.05) is 0 Å². The highest BCUT2D eigenvalue weighted by atomic mass is 15.0. The van der Waals surface area contributed by atoms with E-state index < -0.39 is 0 Å². The second-order valence-corrected chi connectivity index (χ2v) is 14.3. The molecule has 10 aromatic carbocycles. The predicted octanol–water partition coefficient (Wildman–Crippen LogP) is 14.0. The summed E-state index contributed by atoms with van der Waals surface area (Å²) >= 11 is 0. The van der Waals surface area contributed by atoms with Gasteiger partial charge in [0.15, 0.2) is 17.5 Å². The minimum atomic E-state index is 0.627. The van der Waals surface area contributed by atoms with Crippen LogP contribution in [0.2, 0.25) is 0 Å². The molecule has 0 unspecified atom stereocenters. The number of benzene rings is 10. The van der Waals surface area contributed by atoms with Crippen LogP contribution in [-0.2, 0) is 0 Å². The van der Waals surface area contributed by atoms with E-state index in [4.69, 9.17) is 15.0 Å². The molecular weight excluding hydrogens is 679 g/mol. The molecule has 0 atom stereocenters. The molecule has 0 amide bonds. The zero-order chi connectivity index (χ0) is 37.0. The quantitative estimate of drug-likeness (QED) is 0.167. The Morgan fingerprint density at radius 2 is 0.696 bits per heavy atom. The van der Waals surface area contributed by atoms with Gasteiger partial charge in [0, 0.05) is 16.7 Å². The van der Waals surface area contributed by atoms with Crippen molar-refractivity contribution in [3.05, 3.63) is 200 Å². The lowest BCUT2D eigenvalue weighted by atomic mass is 9.86. The van der Waals surface area contributed by atoms with Gasteiger partial charge in [-0.1, -0.05) is 176 Å². The van der Waals surface area contributed by atoms with E-state index in [1.807, 2.05) is 18.2 Å². The fourth-order valence-electron chi connectivity index (χ4n) is 8.48. The van der Waals surface area contributed by atoms with Gasteiger partial charge in [0.1, 0.15) is 0 Å². The van der Waals surface area contributed by atoms with Crippen LogP contribution in [0.15, 0.2) is 200 Å². The molecule has 0 bridgehead atoms. The molecule has 0 saturated carbocycles. The molecule has 0 fully saturated rings. The van der Waals surface area contributed by atoms with Gasteiger partial charge in [0.2, 0.25) is 0 Å². The van der Waals surface area contributed by atoms with Crippen molar-refractivity contribution >= 4 is 53.9 Å².